The Bertz CT molecular complexity index is 955. The van der Waals surface area contributed by atoms with Crippen molar-refractivity contribution < 1.29 is 14.3 Å². The number of nitrogens with one attached hydrogen (secondary N) is 1. The number of hydrogen-bond donors (Lipinski definition) is 1. The molecule has 7 heteroatoms. The molecule has 2 aliphatic rings. The number of carbonyl (C=O) groups excluding carboxylic acids is 1. The lowest BCUT2D eigenvalue weighted by molar-refractivity contribution is 0.0669. The van der Waals surface area contributed by atoms with E-state index in [1.165, 1.54) is 0 Å². The molecule has 4 rings (SSSR count). The number of fused-ring (bicyclic) bond motifs is 3. The highest BCUT2D eigenvalue weighted by Gasteiger charge is 2.41. The topological polar surface area (TPSA) is 84.5 Å². The summed E-state index contributed by atoms with van der Waals surface area (Å²) in [7, 11) is 1.63. The van der Waals surface area contributed by atoms with E-state index >= 15 is 0 Å². The molecule has 1 N–H and O–H groups in total. The van der Waals surface area contributed by atoms with Gasteiger partial charge in [-0.2, -0.15) is 0 Å². The van der Waals surface area contributed by atoms with E-state index in [4.69, 9.17) is 14.5 Å². The Hall–Kier alpha value is -2.67. The second-order valence-corrected chi connectivity index (χ2v) is 7.62. The SMILES string of the molecule is CCOc1ccccc1C(=O)N1[C@@H]2CC[C@H]1Cc1nc(CCOC)[nH]c(=O)c1C2. The van der Waals surface area contributed by atoms with Gasteiger partial charge in [-0.25, -0.2) is 4.98 Å². The first kappa shape index (κ1) is 19.6. The van der Waals surface area contributed by atoms with Gasteiger partial charge in [0.2, 0.25) is 0 Å². The van der Waals surface area contributed by atoms with Crippen LogP contribution < -0.4 is 10.3 Å². The van der Waals surface area contributed by atoms with Crippen LogP contribution in [0, 0.1) is 0 Å². The van der Waals surface area contributed by atoms with Gasteiger partial charge in [-0.3, -0.25) is 9.59 Å². The van der Waals surface area contributed by atoms with Gasteiger partial charge >= 0.3 is 0 Å². The van der Waals surface area contributed by atoms with Crippen LogP contribution in [0.25, 0.3) is 0 Å². The zero-order chi connectivity index (χ0) is 20.4. The highest BCUT2D eigenvalue weighted by atomic mass is 16.5. The number of hydrogen-bond acceptors (Lipinski definition) is 5. The number of methoxy groups -OCH3 is 1. The van der Waals surface area contributed by atoms with Crippen LogP contribution in [-0.4, -0.2) is 53.2 Å². The lowest BCUT2D eigenvalue weighted by Gasteiger charge is -2.28. The quantitative estimate of drug-likeness (QED) is 0.807. The van der Waals surface area contributed by atoms with E-state index in [1.807, 2.05) is 36.1 Å². The molecular formula is C22H27N3O4. The highest BCUT2D eigenvalue weighted by molar-refractivity contribution is 5.97. The van der Waals surface area contributed by atoms with Crippen molar-refractivity contribution in [2.45, 2.75) is 51.1 Å². The molecule has 1 saturated heterocycles. The monoisotopic (exact) mass is 397 g/mol. The fourth-order valence-electron chi connectivity index (χ4n) is 4.51. The van der Waals surface area contributed by atoms with Gasteiger partial charge in [0.25, 0.3) is 11.5 Å². The summed E-state index contributed by atoms with van der Waals surface area (Å²) in [5.41, 5.74) is 2.04. The fraction of sp³-hybridized carbons (Fsp3) is 0.500. The molecule has 0 unspecified atom stereocenters. The minimum atomic E-state index is -0.0873. The van der Waals surface area contributed by atoms with Crippen LogP contribution in [0.4, 0.5) is 0 Å². The van der Waals surface area contributed by atoms with Crippen LogP contribution in [-0.2, 0) is 24.0 Å². The van der Waals surface area contributed by atoms with Gasteiger partial charge in [-0.1, -0.05) is 12.1 Å². The number of amides is 1. The van der Waals surface area contributed by atoms with E-state index in [9.17, 15) is 9.59 Å². The summed E-state index contributed by atoms with van der Waals surface area (Å²) in [5.74, 6) is 1.23. The van der Waals surface area contributed by atoms with Crippen molar-refractivity contribution in [3.05, 3.63) is 57.3 Å². The fourth-order valence-corrected chi connectivity index (χ4v) is 4.51. The molecule has 1 aromatic carbocycles. The van der Waals surface area contributed by atoms with Crippen LogP contribution in [0.3, 0.4) is 0 Å². The first-order valence-corrected chi connectivity index (χ1v) is 10.3. The number of aromatic nitrogens is 2. The van der Waals surface area contributed by atoms with Gasteiger partial charge in [0, 0.05) is 44.0 Å². The standard InChI is InChI=1S/C22H27N3O4/c1-3-29-19-7-5-4-6-16(19)22(27)25-14-8-9-15(25)13-18-17(12-14)21(26)24-20(23-18)10-11-28-2/h4-7,14-15H,3,8-13H2,1-2H3,(H,23,24,26)/t14-,15+/m1/s1. The minimum Gasteiger partial charge on any atom is -0.493 e. The number of H-pyrrole nitrogens is 1. The Labute approximate surface area is 170 Å². The van der Waals surface area contributed by atoms with Crippen molar-refractivity contribution in [1.29, 1.82) is 0 Å². The van der Waals surface area contributed by atoms with Crippen LogP contribution in [0.1, 0.15) is 47.2 Å². The summed E-state index contributed by atoms with van der Waals surface area (Å²) < 4.78 is 10.8. The molecule has 3 heterocycles. The van der Waals surface area contributed by atoms with E-state index < -0.39 is 0 Å². The molecule has 2 atom stereocenters. The van der Waals surface area contributed by atoms with Gasteiger partial charge in [0.05, 0.1) is 24.5 Å². The molecule has 2 bridgehead atoms. The van der Waals surface area contributed by atoms with Crippen LogP contribution in [0.2, 0.25) is 0 Å². The molecule has 154 valence electrons. The van der Waals surface area contributed by atoms with E-state index in [-0.39, 0.29) is 23.6 Å². The molecule has 1 fully saturated rings. The molecule has 0 saturated carbocycles. The van der Waals surface area contributed by atoms with E-state index in [1.54, 1.807) is 7.11 Å². The molecule has 2 aromatic rings. The number of para-hydroxylation sites is 1. The van der Waals surface area contributed by atoms with Crippen molar-refractivity contribution in [3.63, 3.8) is 0 Å². The Morgan fingerprint density at radius 2 is 2.00 bits per heavy atom. The Balaban J connectivity index is 1.65. The predicted molar refractivity (Wildman–Crippen MR) is 108 cm³/mol. The van der Waals surface area contributed by atoms with Crippen molar-refractivity contribution in [2.24, 2.45) is 0 Å². The number of nitrogens with zero attached hydrogens (tertiary/aromatic N) is 2. The number of carbonyl (C=O) groups is 1. The zero-order valence-electron chi connectivity index (χ0n) is 16.9. The third kappa shape index (κ3) is 3.79. The lowest BCUT2D eigenvalue weighted by atomic mass is 9.98. The second-order valence-electron chi connectivity index (χ2n) is 7.62. The summed E-state index contributed by atoms with van der Waals surface area (Å²) in [5, 5.41) is 0. The summed E-state index contributed by atoms with van der Waals surface area (Å²) >= 11 is 0. The maximum Gasteiger partial charge on any atom is 0.258 e. The summed E-state index contributed by atoms with van der Waals surface area (Å²) in [6, 6.07) is 7.44. The lowest BCUT2D eigenvalue weighted by Crippen LogP contribution is -2.42. The van der Waals surface area contributed by atoms with E-state index in [2.05, 4.69) is 4.98 Å². The number of ether oxygens (including phenoxy) is 2. The van der Waals surface area contributed by atoms with Gasteiger partial charge < -0.3 is 19.4 Å². The predicted octanol–water partition coefficient (Wildman–Crippen LogP) is 2.13. The van der Waals surface area contributed by atoms with E-state index in [0.29, 0.717) is 55.2 Å². The third-order valence-electron chi connectivity index (χ3n) is 5.83. The maximum absolute atomic E-state index is 13.5. The second kappa shape index (κ2) is 8.37. The number of aromatic amines is 1. The van der Waals surface area contributed by atoms with Crippen molar-refractivity contribution >= 4 is 5.91 Å². The zero-order valence-corrected chi connectivity index (χ0v) is 16.9. The first-order valence-electron chi connectivity index (χ1n) is 10.3. The Morgan fingerprint density at radius 1 is 1.24 bits per heavy atom. The molecule has 2 aliphatic heterocycles. The molecule has 1 amide bonds. The van der Waals surface area contributed by atoms with Crippen LogP contribution in [0.5, 0.6) is 5.75 Å². The number of benzene rings is 1. The summed E-state index contributed by atoms with van der Waals surface area (Å²) in [6.45, 7) is 2.92. The maximum atomic E-state index is 13.5. The van der Waals surface area contributed by atoms with Gasteiger partial charge in [-0.05, 0) is 31.9 Å². The van der Waals surface area contributed by atoms with Crippen LogP contribution in [0.15, 0.2) is 29.1 Å². The summed E-state index contributed by atoms with van der Waals surface area (Å²) in [6.07, 6.45) is 3.54. The average molecular weight is 397 g/mol. The van der Waals surface area contributed by atoms with Gasteiger partial charge in [0.15, 0.2) is 0 Å². The largest absolute Gasteiger partial charge is 0.493 e. The van der Waals surface area contributed by atoms with Crippen LogP contribution >= 0.6 is 0 Å². The average Bonchev–Trinajstić information content (AvgIpc) is 3.02. The smallest absolute Gasteiger partial charge is 0.258 e. The molecular weight excluding hydrogens is 370 g/mol. The minimum absolute atomic E-state index is 0.0103. The molecule has 0 spiro atoms. The van der Waals surface area contributed by atoms with Crippen molar-refractivity contribution in [2.75, 3.05) is 20.3 Å². The number of rotatable bonds is 6. The van der Waals surface area contributed by atoms with Gasteiger partial charge in [0.1, 0.15) is 11.6 Å². The summed E-state index contributed by atoms with van der Waals surface area (Å²) in [4.78, 5) is 35.7. The molecule has 0 aliphatic carbocycles. The molecule has 1 aromatic heterocycles. The van der Waals surface area contributed by atoms with Crippen molar-refractivity contribution in [1.82, 2.24) is 14.9 Å². The highest BCUT2D eigenvalue weighted by Crippen LogP contribution is 2.35. The normalized spacial score (nSPS) is 20.3. The Morgan fingerprint density at radius 3 is 2.76 bits per heavy atom. The first-order chi connectivity index (χ1) is 14.1. The molecule has 7 nitrogen and oxygen atoms in total. The van der Waals surface area contributed by atoms with Crippen molar-refractivity contribution in [3.8, 4) is 5.75 Å². The molecule has 29 heavy (non-hydrogen) atoms. The third-order valence-corrected chi connectivity index (χ3v) is 5.83. The Kier molecular flexibility index (Phi) is 5.67. The molecule has 0 radical (unpaired) electrons. The van der Waals surface area contributed by atoms with Gasteiger partial charge in [-0.15, -0.1) is 0 Å². The van der Waals surface area contributed by atoms with E-state index in [0.717, 1.165) is 18.5 Å².